The first-order valence-electron chi connectivity index (χ1n) is 11.7. The Morgan fingerprint density at radius 3 is 2.40 bits per heavy atom. The highest BCUT2D eigenvalue weighted by molar-refractivity contribution is 5.96. The highest BCUT2D eigenvalue weighted by Crippen LogP contribution is 2.24. The number of hydrogen-bond donors (Lipinski definition) is 1. The third kappa shape index (κ3) is 4.96. The average Bonchev–Trinajstić information content (AvgIpc) is 3.40. The molecule has 5 rings (SSSR count). The second-order valence-electron chi connectivity index (χ2n) is 8.64. The van der Waals surface area contributed by atoms with Crippen LogP contribution < -0.4 is 10.2 Å². The summed E-state index contributed by atoms with van der Waals surface area (Å²) >= 11 is 0. The SMILES string of the molecule is CC(=O)c1ccc(NC(=O)C2CCCN(c3ccc(-n4ccnc4-c4ccccc4)nn3)C2)cc1. The number of nitrogens with zero attached hydrogens (tertiary/aromatic N) is 5. The van der Waals surface area contributed by atoms with E-state index in [1.165, 1.54) is 6.92 Å². The molecule has 8 nitrogen and oxygen atoms in total. The number of carbonyl (C=O) groups is 2. The molecule has 1 aliphatic rings. The normalized spacial score (nSPS) is 15.6. The number of rotatable bonds is 6. The summed E-state index contributed by atoms with van der Waals surface area (Å²) < 4.78 is 1.91. The first-order valence-corrected chi connectivity index (χ1v) is 11.7. The van der Waals surface area contributed by atoms with Crippen molar-refractivity contribution in [3.8, 4) is 17.2 Å². The van der Waals surface area contributed by atoms with Gasteiger partial charge in [-0.25, -0.2) is 4.98 Å². The fraction of sp³-hybridized carbons (Fsp3) is 0.222. The fourth-order valence-corrected chi connectivity index (χ4v) is 4.34. The van der Waals surface area contributed by atoms with Gasteiger partial charge in [-0.1, -0.05) is 30.3 Å². The molecular weight excluding hydrogens is 440 g/mol. The average molecular weight is 467 g/mol. The van der Waals surface area contributed by atoms with E-state index in [-0.39, 0.29) is 17.6 Å². The van der Waals surface area contributed by atoms with Gasteiger partial charge in [0.15, 0.2) is 17.4 Å². The van der Waals surface area contributed by atoms with Crippen molar-refractivity contribution in [3.05, 3.63) is 84.7 Å². The zero-order chi connectivity index (χ0) is 24.2. The van der Waals surface area contributed by atoms with E-state index in [0.29, 0.717) is 23.6 Å². The van der Waals surface area contributed by atoms with E-state index in [0.717, 1.165) is 36.6 Å². The molecule has 0 saturated carbocycles. The van der Waals surface area contributed by atoms with Crippen molar-refractivity contribution in [1.29, 1.82) is 0 Å². The van der Waals surface area contributed by atoms with Crippen LogP contribution in [0.25, 0.3) is 17.2 Å². The van der Waals surface area contributed by atoms with Crippen molar-refractivity contribution in [2.75, 3.05) is 23.3 Å². The Balaban J connectivity index is 1.26. The summed E-state index contributed by atoms with van der Waals surface area (Å²) in [6.45, 7) is 2.93. The van der Waals surface area contributed by atoms with Crippen LogP contribution in [0.15, 0.2) is 79.1 Å². The molecule has 176 valence electrons. The summed E-state index contributed by atoms with van der Waals surface area (Å²) in [4.78, 5) is 30.9. The highest BCUT2D eigenvalue weighted by Gasteiger charge is 2.27. The number of carbonyl (C=O) groups excluding carboxylic acids is 2. The minimum absolute atomic E-state index is 0.00209. The number of imidazole rings is 1. The molecule has 1 amide bonds. The Labute approximate surface area is 203 Å². The van der Waals surface area contributed by atoms with Crippen molar-refractivity contribution in [3.63, 3.8) is 0 Å². The van der Waals surface area contributed by atoms with E-state index in [2.05, 4.69) is 25.4 Å². The van der Waals surface area contributed by atoms with Crippen LogP contribution in [-0.4, -0.2) is 44.5 Å². The van der Waals surface area contributed by atoms with Crippen LogP contribution in [0.3, 0.4) is 0 Å². The van der Waals surface area contributed by atoms with Crippen molar-refractivity contribution >= 4 is 23.2 Å². The van der Waals surface area contributed by atoms with Crippen LogP contribution in [0, 0.1) is 5.92 Å². The summed E-state index contributed by atoms with van der Waals surface area (Å²) in [6, 6.07) is 20.8. The zero-order valence-electron chi connectivity index (χ0n) is 19.5. The molecule has 2 aromatic heterocycles. The first kappa shape index (κ1) is 22.5. The van der Waals surface area contributed by atoms with Gasteiger partial charge in [-0.05, 0) is 56.2 Å². The number of benzene rings is 2. The lowest BCUT2D eigenvalue weighted by molar-refractivity contribution is -0.120. The second kappa shape index (κ2) is 9.89. The molecule has 0 radical (unpaired) electrons. The van der Waals surface area contributed by atoms with E-state index >= 15 is 0 Å². The highest BCUT2D eigenvalue weighted by atomic mass is 16.2. The van der Waals surface area contributed by atoms with Gasteiger partial charge in [-0.15, -0.1) is 10.2 Å². The van der Waals surface area contributed by atoms with E-state index in [1.807, 2.05) is 53.2 Å². The third-order valence-electron chi connectivity index (χ3n) is 6.23. The van der Waals surface area contributed by atoms with Gasteiger partial charge in [0.2, 0.25) is 5.91 Å². The molecule has 0 bridgehead atoms. The van der Waals surface area contributed by atoms with Crippen LogP contribution >= 0.6 is 0 Å². The number of ketones is 1. The van der Waals surface area contributed by atoms with Crippen LogP contribution in [-0.2, 0) is 4.79 Å². The van der Waals surface area contributed by atoms with Crippen LogP contribution in [0.1, 0.15) is 30.1 Å². The third-order valence-corrected chi connectivity index (χ3v) is 6.23. The molecule has 0 spiro atoms. The maximum Gasteiger partial charge on any atom is 0.229 e. The number of hydrogen-bond acceptors (Lipinski definition) is 6. The van der Waals surface area contributed by atoms with Gasteiger partial charge in [0.05, 0.1) is 5.92 Å². The van der Waals surface area contributed by atoms with Crippen LogP contribution in [0.2, 0.25) is 0 Å². The number of aromatic nitrogens is 4. The summed E-state index contributed by atoms with van der Waals surface area (Å²) in [5.74, 6) is 2.06. The van der Waals surface area contributed by atoms with E-state index in [9.17, 15) is 9.59 Å². The predicted molar refractivity (Wildman–Crippen MR) is 135 cm³/mol. The monoisotopic (exact) mass is 466 g/mol. The standard InChI is InChI=1S/C27H26N6O2/c1-19(34)20-9-11-23(12-10-20)29-27(35)22-8-5-16-32(18-22)24-13-14-25(31-30-24)33-17-15-28-26(33)21-6-3-2-4-7-21/h2-4,6-7,9-15,17,22H,5,8,16,18H2,1H3,(H,29,35). The maximum atomic E-state index is 12.9. The largest absolute Gasteiger partial charge is 0.354 e. The summed E-state index contributed by atoms with van der Waals surface area (Å²) in [6.07, 6.45) is 5.33. The van der Waals surface area contributed by atoms with Gasteiger partial charge >= 0.3 is 0 Å². The minimum atomic E-state index is -0.156. The van der Waals surface area contributed by atoms with Gasteiger partial charge in [-0.3, -0.25) is 14.2 Å². The van der Waals surface area contributed by atoms with Crippen LogP contribution in [0.5, 0.6) is 0 Å². The molecule has 35 heavy (non-hydrogen) atoms. The fourth-order valence-electron chi connectivity index (χ4n) is 4.34. The number of Topliss-reactive ketones (excluding diaryl/α,β-unsaturated/α-hetero) is 1. The topological polar surface area (TPSA) is 93.0 Å². The lowest BCUT2D eigenvalue weighted by atomic mass is 9.97. The molecule has 1 fully saturated rings. The van der Waals surface area contributed by atoms with E-state index in [4.69, 9.17) is 0 Å². The second-order valence-corrected chi connectivity index (χ2v) is 8.64. The van der Waals surface area contributed by atoms with Gasteiger partial charge in [0.1, 0.15) is 5.82 Å². The Morgan fingerprint density at radius 1 is 0.943 bits per heavy atom. The first-order chi connectivity index (χ1) is 17.1. The molecule has 1 unspecified atom stereocenters. The molecule has 2 aromatic carbocycles. The van der Waals surface area contributed by atoms with Gasteiger partial charge in [0, 0.05) is 42.3 Å². The molecule has 1 aliphatic heterocycles. The Morgan fingerprint density at radius 2 is 1.69 bits per heavy atom. The predicted octanol–water partition coefficient (Wildman–Crippen LogP) is 4.39. The number of anilines is 2. The molecule has 3 heterocycles. The van der Waals surface area contributed by atoms with E-state index in [1.54, 1.807) is 30.5 Å². The molecule has 4 aromatic rings. The molecule has 1 atom stereocenters. The molecule has 1 N–H and O–H groups in total. The Bertz CT molecular complexity index is 1320. The van der Waals surface area contributed by atoms with Crippen molar-refractivity contribution < 1.29 is 9.59 Å². The molecule has 8 heteroatoms. The quantitative estimate of drug-likeness (QED) is 0.424. The maximum absolute atomic E-state index is 12.9. The smallest absolute Gasteiger partial charge is 0.229 e. The Hall–Kier alpha value is -4.33. The van der Waals surface area contributed by atoms with Gasteiger partial charge in [-0.2, -0.15) is 0 Å². The van der Waals surface area contributed by atoms with Gasteiger partial charge < -0.3 is 10.2 Å². The number of piperidine rings is 1. The van der Waals surface area contributed by atoms with Crippen molar-refractivity contribution in [1.82, 2.24) is 19.7 Å². The van der Waals surface area contributed by atoms with E-state index < -0.39 is 0 Å². The number of nitrogens with one attached hydrogen (secondary N) is 1. The Kier molecular flexibility index (Phi) is 6.34. The lowest BCUT2D eigenvalue weighted by Gasteiger charge is -2.32. The zero-order valence-corrected chi connectivity index (χ0v) is 19.5. The molecule has 1 saturated heterocycles. The summed E-state index contributed by atoms with van der Waals surface area (Å²) in [5.41, 5.74) is 2.32. The lowest BCUT2D eigenvalue weighted by Crippen LogP contribution is -2.41. The van der Waals surface area contributed by atoms with Crippen molar-refractivity contribution in [2.45, 2.75) is 19.8 Å². The van der Waals surface area contributed by atoms with Crippen LogP contribution in [0.4, 0.5) is 11.5 Å². The summed E-state index contributed by atoms with van der Waals surface area (Å²) in [7, 11) is 0. The van der Waals surface area contributed by atoms with Gasteiger partial charge in [0.25, 0.3) is 0 Å². The molecule has 0 aliphatic carbocycles. The van der Waals surface area contributed by atoms with Crippen molar-refractivity contribution in [2.24, 2.45) is 5.92 Å². The molecular formula is C27H26N6O2. The minimum Gasteiger partial charge on any atom is -0.354 e. The number of amides is 1. The summed E-state index contributed by atoms with van der Waals surface area (Å²) in [5, 5.41) is 11.9.